The normalized spacial score (nSPS) is 10.5. The van der Waals surface area contributed by atoms with E-state index in [9.17, 15) is 14.9 Å². The van der Waals surface area contributed by atoms with Crippen LogP contribution in [0.15, 0.2) is 72.9 Å². The number of rotatable bonds is 8. The van der Waals surface area contributed by atoms with Crippen molar-refractivity contribution < 1.29 is 19.2 Å². The van der Waals surface area contributed by atoms with E-state index in [4.69, 9.17) is 9.47 Å². The van der Waals surface area contributed by atoms with E-state index in [1.165, 1.54) is 36.1 Å². The maximum absolute atomic E-state index is 13.1. The molecule has 0 aliphatic carbocycles. The summed E-state index contributed by atoms with van der Waals surface area (Å²) >= 11 is 0. The number of nitrogens with zero attached hydrogens (tertiary/aromatic N) is 4. The Morgan fingerprint density at radius 3 is 2.50 bits per heavy atom. The summed E-state index contributed by atoms with van der Waals surface area (Å²) in [5, 5.41) is 18.5. The molecule has 0 fully saturated rings. The molecule has 1 N–H and O–H groups in total. The minimum atomic E-state index is -0.485. The summed E-state index contributed by atoms with van der Waals surface area (Å²) in [4.78, 5) is 27.9. The SMILES string of the molecule is COc1ccc(-c2cc(C(=O)NCc3ccccn3)n(-c3ccc([N+](=O)[O-])cc3)n2)c(OC)c1. The van der Waals surface area contributed by atoms with Crippen LogP contribution in [0, 0.1) is 10.1 Å². The van der Waals surface area contributed by atoms with Crippen LogP contribution in [0.3, 0.4) is 0 Å². The first-order chi connectivity index (χ1) is 16.5. The quantitative estimate of drug-likeness (QED) is 0.314. The standard InChI is InChI=1S/C24H21N5O5/c1-33-19-10-11-20(23(13-19)34-2)21-14-22(24(30)26-15-16-5-3-4-12-25-16)28(27-21)17-6-8-18(9-7-17)29(31)32/h3-14H,15H2,1-2H3,(H,26,30). The summed E-state index contributed by atoms with van der Waals surface area (Å²) in [6, 6.07) is 18.2. The number of carbonyl (C=O) groups excluding carboxylic acids is 1. The van der Waals surface area contributed by atoms with Crippen LogP contribution in [0.25, 0.3) is 16.9 Å². The van der Waals surface area contributed by atoms with Crippen molar-refractivity contribution in [2.45, 2.75) is 6.54 Å². The first kappa shape index (κ1) is 22.5. The number of pyridine rings is 1. The van der Waals surface area contributed by atoms with Crippen LogP contribution in [-0.4, -0.2) is 39.8 Å². The van der Waals surface area contributed by atoms with Gasteiger partial charge in [0.15, 0.2) is 0 Å². The predicted octanol–water partition coefficient (Wildman–Crippen LogP) is 3.79. The fraction of sp³-hybridized carbons (Fsp3) is 0.125. The van der Waals surface area contributed by atoms with Crippen LogP contribution in [0.4, 0.5) is 5.69 Å². The van der Waals surface area contributed by atoms with E-state index in [1.54, 1.807) is 43.6 Å². The molecule has 4 aromatic rings. The Kier molecular flexibility index (Phi) is 6.49. The summed E-state index contributed by atoms with van der Waals surface area (Å²) in [7, 11) is 3.09. The van der Waals surface area contributed by atoms with Gasteiger partial charge in [-0.25, -0.2) is 4.68 Å². The van der Waals surface area contributed by atoms with Crippen LogP contribution < -0.4 is 14.8 Å². The smallest absolute Gasteiger partial charge is 0.270 e. The molecule has 1 amide bonds. The predicted molar refractivity (Wildman–Crippen MR) is 124 cm³/mol. The van der Waals surface area contributed by atoms with Gasteiger partial charge in [-0.1, -0.05) is 6.07 Å². The lowest BCUT2D eigenvalue weighted by Crippen LogP contribution is -2.25. The Morgan fingerprint density at radius 1 is 1.06 bits per heavy atom. The number of nitro benzene ring substituents is 1. The lowest BCUT2D eigenvalue weighted by molar-refractivity contribution is -0.384. The van der Waals surface area contributed by atoms with Gasteiger partial charge in [-0.2, -0.15) is 5.10 Å². The van der Waals surface area contributed by atoms with Crippen LogP contribution in [0.2, 0.25) is 0 Å². The number of hydrogen-bond acceptors (Lipinski definition) is 7. The third-order valence-electron chi connectivity index (χ3n) is 5.09. The number of methoxy groups -OCH3 is 2. The molecule has 0 unspecified atom stereocenters. The molecule has 172 valence electrons. The van der Waals surface area contributed by atoms with E-state index in [2.05, 4.69) is 15.4 Å². The van der Waals surface area contributed by atoms with Crippen molar-refractivity contribution in [2.75, 3.05) is 14.2 Å². The van der Waals surface area contributed by atoms with Gasteiger partial charge < -0.3 is 14.8 Å². The first-order valence-corrected chi connectivity index (χ1v) is 10.3. The van der Waals surface area contributed by atoms with E-state index in [-0.39, 0.29) is 23.8 Å². The summed E-state index contributed by atoms with van der Waals surface area (Å²) in [5.41, 5.74) is 2.52. The number of benzene rings is 2. The molecule has 2 aromatic heterocycles. The molecular weight excluding hydrogens is 438 g/mol. The van der Waals surface area contributed by atoms with Gasteiger partial charge in [0.25, 0.3) is 11.6 Å². The van der Waals surface area contributed by atoms with Gasteiger partial charge in [-0.05, 0) is 42.5 Å². The second kappa shape index (κ2) is 9.82. The minimum Gasteiger partial charge on any atom is -0.497 e. The molecule has 0 saturated heterocycles. The van der Waals surface area contributed by atoms with E-state index in [0.717, 1.165) is 0 Å². The van der Waals surface area contributed by atoms with Crippen molar-refractivity contribution >= 4 is 11.6 Å². The second-order valence-electron chi connectivity index (χ2n) is 7.17. The summed E-state index contributed by atoms with van der Waals surface area (Å²) in [5.74, 6) is 0.757. The highest BCUT2D eigenvalue weighted by molar-refractivity contribution is 5.94. The fourth-order valence-electron chi connectivity index (χ4n) is 3.36. The van der Waals surface area contributed by atoms with Gasteiger partial charge in [-0.3, -0.25) is 19.9 Å². The summed E-state index contributed by atoms with van der Waals surface area (Å²) in [6.45, 7) is 0.228. The van der Waals surface area contributed by atoms with Crippen LogP contribution in [0.1, 0.15) is 16.2 Å². The molecule has 10 heteroatoms. The molecule has 4 rings (SSSR count). The van der Waals surface area contributed by atoms with Gasteiger partial charge in [0.1, 0.15) is 17.2 Å². The number of amides is 1. The van der Waals surface area contributed by atoms with Crippen LogP contribution in [-0.2, 0) is 6.54 Å². The largest absolute Gasteiger partial charge is 0.497 e. The number of ether oxygens (including phenoxy) is 2. The Balaban J connectivity index is 1.75. The number of aromatic nitrogens is 3. The monoisotopic (exact) mass is 459 g/mol. The van der Waals surface area contributed by atoms with Crippen molar-refractivity contribution in [1.82, 2.24) is 20.1 Å². The molecule has 10 nitrogen and oxygen atoms in total. The van der Waals surface area contributed by atoms with Crippen molar-refractivity contribution in [3.05, 3.63) is 94.4 Å². The highest BCUT2D eigenvalue weighted by atomic mass is 16.6. The van der Waals surface area contributed by atoms with Gasteiger partial charge >= 0.3 is 0 Å². The molecule has 0 bridgehead atoms. The Morgan fingerprint density at radius 2 is 1.85 bits per heavy atom. The van der Waals surface area contributed by atoms with Crippen LogP contribution >= 0.6 is 0 Å². The number of nitrogens with one attached hydrogen (secondary N) is 1. The molecule has 0 radical (unpaired) electrons. The van der Waals surface area contributed by atoms with Crippen molar-refractivity contribution in [3.63, 3.8) is 0 Å². The van der Waals surface area contributed by atoms with Crippen molar-refractivity contribution in [3.8, 4) is 28.4 Å². The maximum atomic E-state index is 13.1. The molecule has 0 atom stereocenters. The van der Waals surface area contributed by atoms with Gasteiger partial charge in [0.2, 0.25) is 0 Å². The summed E-state index contributed by atoms with van der Waals surface area (Å²) < 4.78 is 12.2. The topological polar surface area (TPSA) is 121 Å². The van der Waals surface area contributed by atoms with Gasteiger partial charge in [0.05, 0.1) is 42.8 Å². The molecule has 0 spiro atoms. The molecule has 0 aliphatic heterocycles. The second-order valence-corrected chi connectivity index (χ2v) is 7.17. The molecule has 0 saturated carbocycles. The molecule has 2 aromatic carbocycles. The van der Waals surface area contributed by atoms with E-state index in [0.29, 0.717) is 34.1 Å². The van der Waals surface area contributed by atoms with Gasteiger partial charge in [-0.15, -0.1) is 0 Å². The van der Waals surface area contributed by atoms with Gasteiger partial charge in [0, 0.05) is 30.0 Å². The zero-order valence-corrected chi connectivity index (χ0v) is 18.5. The van der Waals surface area contributed by atoms with Crippen molar-refractivity contribution in [1.29, 1.82) is 0 Å². The Bertz CT molecular complexity index is 1320. The number of hydrogen-bond donors (Lipinski definition) is 1. The Hall–Kier alpha value is -4.73. The average Bonchev–Trinajstić information content (AvgIpc) is 3.33. The highest BCUT2D eigenvalue weighted by Gasteiger charge is 2.20. The molecule has 2 heterocycles. The lowest BCUT2D eigenvalue weighted by atomic mass is 10.1. The number of carbonyl (C=O) groups is 1. The number of nitro groups is 1. The van der Waals surface area contributed by atoms with E-state index >= 15 is 0 Å². The third-order valence-corrected chi connectivity index (χ3v) is 5.09. The zero-order valence-electron chi connectivity index (χ0n) is 18.5. The van der Waals surface area contributed by atoms with E-state index < -0.39 is 4.92 Å². The zero-order chi connectivity index (χ0) is 24.1. The molecular formula is C24H21N5O5. The molecule has 34 heavy (non-hydrogen) atoms. The summed E-state index contributed by atoms with van der Waals surface area (Å²) in [6.07, 6.45) is 1.65. The highest BCUT2D eigenvalue weighted by Crippen LogP contribution is 2.33. The first-order valence-electron chi connectivity index (χ1n) is 10.3. The third kappa shape index (κ3) is 4.70. The van der Waals surface area contributed by atoms with Crippen LogP contribution in [0.5, 0.6) is 11.5 Å². The fourth-order valence-corrected chi connectivity index (χ4v) is 3.36. The Labute approximate surface area is 194 Å². The lowest BCUT2D eigenvalue weighted by Gasteiger charge is -2.09. The number of non-ortho nitro benzene ring substituents is 1. The van der Waals surface area contributed by atoms with Crippen molar-refractivity contribution in [2.24, 2.45) is 0 Å². The van der Waals surface area contributed by atoms with E-state index in [1.807, 2.05) is 12.1 Å². The minimum absolute atomic E-state index is 0.0610. The maximum Gasteiger partial charge on any atom is 0.270 e. The average molecular weight is 459 g/mol. The molecule has 0 aliphatic rings.